The number of nitrogens with one attached hydrogen (secondary N) is 2. The molecule has 1 fully saturated rings. The van der Waals surface area contributed by atoms with Crippen molar-refractivity contribution in [3.63, 3.8) is 0 Å². The number of nitrogens with zero attached hydrogens (tertiary/aromatic N) is 3. The average Bonchev–Trinajstić information content (AvgIpc) is 2.87. The molecule has 184 valence electrons. The second-order valence-electron chi connectivity index (χ2n) is 8.35. The zero-order chi connectivity index (χ0) is 25.1. The smallest absolute Gasteiger partial charge is 0.309 e. The van der Waals surface area contributed by atoms with Crippen molar-refractivity contribution in [1.29, 1.82) is 5.26 Å². The molecule has 2 aromatic rings. The summed E-state index contributed by atoms with van der Waals surface area (Å²) in [5.41, 5.74) is 0.312. The van der Waals surface area contributed by atoms with Gasteiger partial charge in [0.25, 0.3) is 5.56 Å². The first kappa shape index (κ1) is 24.1. The highest BCUT2D eigenvalue weighted by atomic mass is 16.5. The van der Waals surface area contributed by atoms with Gasteiger partial charge < -0.3 is 24.4 Å². The lowest BCUT2D eigenvalue weighted by molar-refractivity contribution is -0.148. The molecule has 0 aliphatic carbocycles. The zero-order valence-electron chi connectivity index (χ0n) is 19.8. The summed E-state index contributed by atoms with van der Waals surface area (Å²) in [6.45, 7) is 3.11. The summed E-state index contributed by atoms with van der Waals surface area (Å²) in [5, 5.41) is 12.4. The summed E-state index contributed by atoms with van der Waals surface area (Å²) in [6.07, 6.45) is 1.13. The van der Waals surface area contributed by atoms with Crippen molar-refractivity contribution in [3.05, 3.63) is 39.7 Å². The number of anilines is 2. The molecule has 0 bridgehead atoms. The van der Waals surface area contributed by atoms with E-state index in [1.807, 2.05) is 11.0 Å². The van der Waals surface area contributed by atoms with E-state index in [9.17, 15) is 19.6 Å². The van der Waals surface area contributed by atoms with Crippen LogP contribution in [0.2, 0.25) is 0 Å². The summed E-state index contributed by atoms with van der Waals surface area (Å²) in [6, 6.07) is 7.04. The second kappa shape index (κ2) is 10.0. The van der Waals surface area contributed by atoms with Gasteiger partial charge in [0, 0.05) is 19.0 Å². The summed E-state index contributed by atoms with van der Waals surface area (Å²) < 4.78 is 15.8. The van der Waals surface area contributed by atoms with E-state index in [0.29, 0.717) is 55.5 Å². The quantitative estimate of drug-likeness (QED) is 0.589. The third kappa shape index (κ3) is 4.51. The maximum atomic E-state index is 13.3. The number of methoxy groups -OCH3 is 2. The van der Waals surface area contributed by atoms with Crippen LogP contribution in [0.5, 0.6) is 11.5 Å². The number of fused-ring (bicyclic) bond motifs is 1. The monoisotopic (exact) mass is 481 g/mol. The summed E-state index contributed by atoms with van der Waals surface area (Å²) in [5.74, 6) is -1.60. The topological polar surface area (TPSA) is 147 Å². The Bertz CT molecular complexity index is 1230. The van der Waals surface area contributed by atoms with Crippen LogP contribution >= 0.6 is 0 Å². The molecule has 0 spiro atoms. The molecule has 3 heterocycles. The summed E-state index contributed by atoms with van der Waals surface area (Å²) >= 11 is 0. The van der Waals surface area contributed by atoms with Gasteiger partial charge in [-0.05, 0) is 37.5 Å². The van der Waals surface area contributed by atoms with Crippen LogP contribution in [0.4, 0.5) is 11.8 Å². The molecule has 11 heteroatoms. The number of esters is 1. The minimum Gasteiger partial charge on any atom is -0.493 e. The average molecular weight is 482 g/mol. The van der Waals surface area contributed by atoms with Gasteiger partial charge in [-0.2, -0.15) is 10.2 Å². The van der Waals surface area contributed by atoms with Crippen molar-refractivity contribution in [2.45, 2.75) is 25.7 Å². The third-order valence-corrected chi connectivity index (χ3v) is 6.43. The van der Waals surface area contributed by atoms with E-state index in [1.54, 1.807) is 25.1 Å². The first-order valence-electron chi connectivity index (χ1n) is 11.4. The number of carbonyl (C=O) groups is 2. The van der Waals surface area contributed by atoms with Gasteiger partial charge in [0.15, 0.2) is 11.5 Å². The highest BCUT2D eigenvalue weighted by Crippen LogP contribution is 2.41. The van der Waals surface area contributed by atoms with Gasteiger partial charge in [-0.3, -0.25) is 19.4 Å². The highest BCUT2D eigenvalue weighted by Gasteiger charge is 2.41. The van der Waals surface area contributed by atoms with Crippen LogP contribution in [0.1, 0.15) is 36.8 Å². The van der Waals surface area contributed by atoms with Crippen LogP contribution in [0.25, 0.3) is 0 Å². The van der Waals surface area contributed by atoms with Gasteiger partial charge in [-0.25, -0.2) is 0 Å². The van der Waals surface area contributed by atoms with Crippen molar-refractivity contribution in [1.82, 2.24) is 9.97 Å². The summed E-state index contributed by atoms with van der Waals surface area (Å²) in [4.78, 5) is 47.4. The molecule has 1 aromatic carbocycles. The Hall–Kier alpha value is -4.07. The Labute approximate surface area is 202 Å². The Balaban J connectivity index is 1.69. The second-order valence-corrected chi connectivity index (χ2v) is 8.35. The van der Waals surface area contributed by atoms with Gasteiger partial charge in [0.2, 0.25) is 11.9 Å². The van der Waals surface area contributed by atoms with Crippen LogP contribution in [-0.2, 0) is 14.3 Å². The minimum absolute atomic E-state index is 0.118. The normalized spacial score (nSPS) is 19.8. The fourth-order valence-electron chi connectivity index (χ4n) is 4.64. The lowest BCUT2D eigenvalue weighted by Gasteiger charge is -2.33. The molecule has 1 amide bonds. The number of ether oxygens (including phenoxy) is 3. The third-order valence-electron chi connectivity index (χ3n) is 6.43. The number of hydrogen-bond acceptors (Lipinski definition) is 9. The lowest BCUT2D eigenvalue weighted by Crippen LogP contribution is -2.41. The number of aromatic nitrogens is 2. The van der Waals surface area contributed by atoms with E-state index in [0.717, 1.165) is 0 Å². The van der Waals surface area contributed by atoms with E-state index in [4.69, 9.17) is 14.2 Å². The molecule has 2 N–H and O–H groups in total. The molecule has 2 unspecified atom stereocenters. The Morgan fingerprint density at radius 1 is 1.20 bits per heavy atom. The number of piperidine rings is 1. The first-order valence-corrected chi connectivity index (χ1v) is 11.4. The van der Waals surface area contributed by atoms with Crippen LogP contribution in [0.15, 0.2) is 23.0 Å². The van der Waals surface area contributed by atoms with Crippen molar-refractivity contribution >= 4 is 23.6 Å². The van der Waals surface area contributed by atoms with E-state index in [-0.39, 0.29) is 23.3 Å². The van der Waals surface area contributed by atoms with E-state index < -0.39 is 23.3 Å². The molecule has 4 rings (SSSR count). The molecule has 2 aliphatic rings. The number of rotatable bonds is 6. The Kier molecular flexibility index (Phi) is 6.91. The number of nitriles is 1. The van der Waals surface area contributed by atoms with Crippen molar-refractivity contribution < 1.29 is 23.8 Å². The summed E-state index contributed by atoms with van der Waals surface area (Å²) in [7, 11) is 2.99. The van der Waals surface area contributed by atoms with Gasteiger partial charge in [0.1, 0.15) is 11.7 Å². The van der Waals surface area contributed by atoms with Crippen LogP contribution in [-0.4, -0.2) is 55.8 Å². The fraction of sp³-hybridized carbons (Fsp3) is 0.458. The number of hydrogen-bond donors (Lipinski definition) is 2. The number of benzene rings is 1. The predicted octanol–water partition coefficient (Wildman–Crippen LogP) is 1.79. The van der Waals surface area contributed by atoms with Crippen LogP contribution in [0, 0.1) is 23.2 Å². The van der Waals surface area contributed by atoms with E-state index in [2.05, 4.69) is 15.3 Å². The maximum absolute atomic E-state index is 13.3. The lowest BCUT2D eigenvalue weighted by atomic mass is 9.79. The molecule has 0 radical (unpaired) electrons. The first-order chi connectivity index (χ1) is 16.9. The molecule has 1 saturated heterocycles. The highest BCUT2D eigenvalue weighted by molar-refractivity contribution is 5.98. The van der Waals surface area contributed by atoms with Crippen LogP contribution in [0.3, 0.4) is 0 Å². The minimum atomic E-state index is -1.13. The molecular weight excluding hydrogens is 454 g/mol. The molecular formula is C24H27N5O6. The Morgan fingerprint density at radius 3 is 2.54 bits per heavy atom. The van der Waals surface area contributed by atoms with Gasteiger partial charge >= 0.3 is 5.97 Å². The Morgan fingerprint density at radius 2 is 1.91 bits per heavy atom. The van der Waals surface area contributed by atoms with Crippen molar-refractivity contribution in [2.24, 2.45) is 11.8 Å². The number of carbonyl (C=O) groups excluding carboxylic acids is 2. The largest absolute Gasteiger partial charge is 0.493 e. The maximum Gasteiger partial charge on any atom is 0.309 e. The van der Waals surface area contributed by atoms with E-state index >= 15 is 0 Å². The SMILES string of the molecule is CCOC(=O)C1CCN(c2nc3c(c(=O)[nH]2)C(c2ccc(OC)c(OC)c2)C(C#N)C(=O)N3)CC1. The van der Waals surface area contributed by atoms with Crippen molar-refractivity contribution in [2.75, 3.05) is 44.1 Å². The zero-order valence-corrected chi connectivity index (χ0v) is 19.8. The number of amides is 1. The molecule has 0 saturated carbocycles. The number of aromatic amines is 1. The molecule has 11 nitrogen and oxygen atoms in total. The molecule has 1 aromatic heterocycles. The molecule has 35 heavy (non-hydrogen) atoms. The fourth-order valence-corrected chi connectivity index (χ4v) is 4.64. The van der Waals surface area contributed by atoms with Gasteiger partial charge in [0.05, 0.1) is 38.4 Å². The van der Waals surface area contributed by atoms with E-state index in [1.165, 1.54) is 14.2 Å². The standard InChI is InChI=1S/C24H27N5O6/c1-4-35-23(32)13-7-9-29(10-8-13)24-27-20-19(22(31)28-24)18(15(12-25)21(30)26-20)14-5-6-16(33-2)17(11-14)34-3/h5-6,11,13,15,18H,4,7-10H2,1-3H3,(H2,26,27,28,30,31). The van der Waals surface area contributed by atoms with Gasteiger partial charge in [-0.15, -0.1) is 0 Å². The van der Waals surface area contributed by atoms with Gasteiger partial charge in [-0.1, -0.05) is 6.07 Å². The predicted molar refractivity (Wildman–Crippen MR) is 126 cm³/mol. The molecule has 2 aliphatic heterocycles. The van der Waals surface area contributed by atoms with Crippen LogP contribution < -0.4 is 25.2 Å². The number of H-pyrrole nitrogens is 1. The molecule has 2 atom stereocenters. The van der Waals surface area contributed by atoms with Crippen molar-refractivity contribution in [3.8, 4) is 17.6 Å².